The van der Waals surface area contributed by atoms with Gasteiger partial charge >= 0.3 is 0 Å². The molecule has 1 spiro atoms. The Labute approximate surface area is 234 Å². The number of nitrogens with zero attached hydrogens (tertiary/aromatic N) is 2. The van der Waals surface area contributed by atoms with Crippen LogP contribution in [0.15, 0.2) is 53.1 Å². The summed E-state index contributed by atoms with van der Waals surface area (Å²) in [5, 5.41) is 13.0. The number of carbonyl (C=O) groups excluding carboxylic acids is 3. The molecule has 1 aromatic heterocycles. The molecular formula is C30H39N5O5. The van der Waals surface area contributed by atoms with Crippen LogP contribution in [0.5, 0.6) is 0 Å². The second-order valence-corrected chi connectivity index (χ2v) is 11.3. The number of piperidine rings is 1. The van der Waals surface area contributed by atoms with Crippen LogP contribution in [-0.4, -0.2) is 72.7 Å². The number of carbonyl (C=O) groups is 3. The summed E-state index contributed by atoms with van der Waals surface area (Å²) in [5.41, 5.74) is 0.411. The Morgan fingerprint density at radius 2 is 1.95 bits per heavy atom. The lowest BCUT2D eigenvalue weighted by Gasteiger charge is -2.40. The quantitative estimate of drug-likeness (QED) is 0.490. The third-order valence-corrected chi connectivity index (χ3v) is 8.36. The molecule has 3 N–H and O–H groups in total. The van der Waals surface area contributed by atoms with E-state index in [0.29, 0.717) is 70.0 Å². The van der Waals surface area contributed by atoms with E-state index in [-0.39, 0.29) is 36.2 Å². The number of likely N-dealkylation sites (tertiary alicyclic amines) is 1. The van der Waals surface area contributed by atoms with Crippen LogP contribution in [0.2, 0.25) is 0 Å². The van der Waals surface area contributed by atoms with Crippen molar-refractivity contribution in [3.05, 3.63) is 59.9 Å². The average molecular weight is 550 g/mol. The van der Waals surface area contributed by atoms with Crippen LogP contribution in [0, 0.1) is 18.3 Å². The molecule has 3 aliphatic heterocycles. The molecule has 2 fully saturated rings. The highest BCUT2D eigenvalue weighted by atomic mass is 16.5. The van der Waals surface area contributed by atoms with Crippen LogP contribution in [-0.2, 0) is 25.5 Å². The van der Waals surface area contributed by atoms with Crippen molar-refractivity contribution in [2.45, 2.75) is 57.5 Å². The summed E-state index contributed by atoms with van der Waals surface area (Å²) < 4.78 is 10.6. The number of anilines is 1. The number of ether oxygens (including phenoxy) is 1. The molecule has 3 aliphatic rings. The molecule has 3 atom stereocenters. The number of hydrogen-bond acceptors (Lipinski definition) is 7. The Morgan fingerprint density at radius 1 is 1.15 bits per heavy atom. The summed E-state index contributed by atoms with van der Waals surface area (Å²) in [6.07, 6.45) is 8.02. The monoisotopic (exact) mass is 549 g/mol. The van der Waals surface area contributed by atoms with Crippen molar-refractivity contribution in [3.63, 3.8) is 0 Å². The molecule has 2 aromatic rings. The zero-order valence-corrected chi connectivity index (χ0v) is 23.1. The second-order valence-electron chi connectivity index (χ2n) is 11.3. The van der Waals surface area contributed by atoms with Crippen molar-refractivity contribution in [1.29, 1.82) is 0 Å². The van der Waals surface area contributed by atoms with Crippen molar-refractivity contribution in [3.8, 4) is 0 Å². The van der Waals surface area contributed by atoms with Crippen molar-refractivity contribution < 1.29 is 23.6 Å². The Balaban J connectivity index is 1.32. The third kappa shape index (κ3) is 6.98. The van der Waals surface area contributed by atoms with E-state index in [4.69, 9.17) is 9.26 Å². The van der Waals surface area contributed by atoms with Gasteiger partial charge in [-0.2, -0.15) is 0 Å². The number of benzene rings is 1. The predicted octanol–water partition coefficient (Wildman–Crippen LogP) is 2.60. The molecule has 5 rings (SSSR count). The van der Waals surface area contributed by atoms with Gasteiger partial charge in [0.05, 0.1) is 12.0 Å². The summed E-state index contributed by atoms with van der Waals surface area (Å²) in [6, 6.07) is 10.8. The van der Waals surface area contributed by atoms with E-state index >= 15 is 0 Å². The topological polar surface area (TPSA) is 126 Å². The van der Waals surface area contributed by atoms with Gasteiger partial charge in [0.1, 0.15) is 11.8 Å². The number of allylic oxidation sites excluding steroid dienone is 2. The Kier molecular flexibility index (Phi) is 8.96. The van der Waals surface area contributed by atoms with Crippen LogP contribution < -0.4 is 16.0 Å². The van der Waals surface area contributed by atoms with Crippen LogP contribution in [0.25, 0.3) is 0 Å². The molecule has 214 valence electrons. The van der Waals surface area contributed by atoms with Gasteiger partial charge in [-0.25, -0.2) is 0 Å². The highest BCUT2D eigenvalue weighted by molar-refractivity contribution is 5.91. The predicted molar refractivity (Wildman–Crippen MR) is 149 cm³/mol. The molecule has 0 unspecified atom stereocenters. The van der Waals surface area contributed by atoms with Gasteiger partial charge in [0, 0.05) is 44.8 Å². The first kappa shape index (κ1) is 28.0. The van der Waals surface area contributed by atoms with Crippen molar-refractivity contribution in [2.75, 3.05) is 38.2 Å². The SMILES string of the molecule is Cc1cc(NC(=O)CN2CC[C@H]3NC(=O)[C@@H](Cc4ccccc4)NC(=O)C4(C/C=C/C[C@H]3C2)CCOCC4)no1. The number of amides is 3. The maximum absolute atomic E-state index is 13.7. The Morgan fingerprint density at radius 3 is 2.70 bits per heavy atom. The molecule has 0 aliphatic carbocycles. The summed E-state index contributed by atoms with van der Waals surface area (Å²) in [5.74, 6) is 0.799. The van der Waals surface area contributed by atoms with Gasteiger partial charge < -0.3 is 25.2 Å². The molecule has 0 radical (unpaired) electrons. The molecule has 10 nitrogen and oxygen atoms in total. The molecule has 4 heterocycles. The van der Waals surface area contributed by atoms with E-state index in [1.54, 1.807) is 13.0 Å². The number of rotatable bonds is 5. The van der Waals surface area contributed by atoms with Gasteiger partial charge in [0.15, 0.2) is 5.82 Å². The Hall–Kier alpha value is -3.50. The minimum absolute atomic E-state index is 0.0544. The van der Waals surface area contributed by atoms with Gasteiger partial charge in [-0.3, -0.25) is 19.3 Å². The largest absolute Gasteiger partial charge is 0.381 e. The first-order chi connectivity index (χ1) is 19.4. The number of aromatic nitrogens is 1. The summed E-state index contributed by atoms with van der Waals surface area (Å²) in [6.45, 7) is 4.44. The Bertz CT molecular complexity index is 1210. The highest BCUT2D eigenvalue weighted by Gasteiger charge is 2.41. The summed E-state index contributed by atoms with van der Waals surface area (Å²) in [7, 11) is 0. The lowest BCUT2D eigenvalue weighted by molar-refractivity contribution is -0.140. The lowest BCUT2D eigenvalue weighted by Crippen LogP contribution is -2.58. The third-order valence-electron chi connectivity index (χ3n) is 8.36. The molecule has 2 saturated heterocycles. The molecule has 0 bridgehead atoms. The number of nitrogens with one attached hydrogen (secondary N) is 3. The first-order valence-corrected chi connectivity index (χ1v) is 14.2. The standard InChI is InChI=1S/C30H39N5O5/c1-21-17-26(34-40-21)33-27(36)20-35-14-10-24-23(19-35)9-5-6-11-30(12-15-39-16-13-30)29(38)32-25(28(37)31-24)18-22-7-3-2-4-8-22/h2-8,17,23-25H,9-16,18-20H2,1H3,(H,31,37)(H,32,38)(H,33,34,36)/b6-5+/t23-,24+,25+/m0/s1. The minimum atomic E-state index is -0.673. The first-order valence-electron chi connectivity index (χ1n) is 14.2. The summed E-state index contributed by atoms with van der Waals surface area (Å²) >= 11 is 0. The molecular weight excluding hydrogens is 510 g/mol. The summed E-state index contributed by atoms with van der Waals surface area (Å²) in [4.78, 5) is 42.2. The van der Waals surface area contributed by atoms with Crippen molar-refractivity contribution in [1.82, 2.24) is 20.7 Å². The van der Waals surface area contributed by atoms with Crippen LogP contribution in [0.4, 0.5) is 5.82 Å². The molecule has 40 heavy (non-hydrogen) atoms. The van der Waals surface area contributed by atoms with E-state index in [1.165, 1.54) is 0 Å². The van der Waals surface area contributed by atoms with Crippen molar-refractivity contribution in [2.24, 2.45) is 11.3 Å². The zero-order valence-electron chi connectivity index (χ0n) is 23.1. The van der Waals surface area contributed by atoms with Crippen molar-refractivity contribution >= 4 is 23.5 Å². The van der Waals surface area contributed by atoms with E-state index in [2.05, 4.69) is 38.2 Å². The molecule has 1 aromatic carbocycles. The second kappa shape index (κ2) is 12.8. The molecule has 10 heteroatoms. The lowest BCUT2D eigenvalue weighted by atomic mass is 9.75. The van der Waals surface area contributed by atoms with Crippen LogP contribution >= 0.6 is 0 Å². The average Bonchev–Trinajstić information content (AvgIpc) is 3.36. The van der Waals surface area contributed by atoms with Gasteiger partial charge in [-0.1, -0.05) is 47.6 Å². The van der Waals surface area contributed by atoms with E-state index in [1.807, 2.05) is 30.3 Å². The fraction of sp³-hybridized carbons (Fsp3) is 0.533. The fourth-order valence-corrected chi connectivity index (χ4v) is 6.01. The van der Waals surface area contributed by atoms with Gasteiger partial charge in [0.2, 0.25) is 17.7 Å². The number of hydrogen-bond donors (Lipinski definition) is 3. The number of fused-ring (bicyclic) bond motifs is 1. The van der Waals surface area contributed by atoms with Gasteiger partial charge in [-0.05, 0) is 50.5 Å². The minimum Gasteiger partial charge on any atom is -0.381 e. The van der Waals surface area contributed by atoms with Gasteiger partial charge in [-0.15, -0.1) is 0 Å². The number of aryl methyl sites for hydroxylation is 1. The zero-order chi connectivity index (χ0) is 28.0. The van der Waals surface area contributed by atoms with E-state index in [0.717, 1.165) is 12.0 Å². The molecule has 3 amide bonds. The molecule has 0 saturated carbocycles. The van der Waals surface area contributed by atoms with Gasteiger partial charge in [0.25, 0.3) is 0 Å². The fourth-order valence-electron chi connectivity index (χ4n) is 6.01. The van der Waals surface area contributed by atoms with E-state index < -0.39 is 11.5 Å². The van der Waals surface area contributed by atoms with Crippen LogP contribution in [0.1, 0.15) is 43.4 Å². The normalized spacial score (nSPS) is 26.5. The highest BCUT2D eigenvalue weighted by Crippen LogP contribution is 2.36. The maximum Gasteiger partial charge on any atom is 0.243 e. The maximum atomic E-state index is 13.7. The van der Waals surface area contributed by atoms with E-state index in [9.17, 15) is 14.4 Å². The smallest absolute Gasteiger partial charge is 0.243 e. The van der Waals surface area contributed by atoms with Crippen LogP contribution in [0.3, 0.4) is 0 Å².